The van der Waals surface area contributed by atoms with E-state index < -0.39 is 5.82 Å². The van der Waals surface area contributed by atoms with Crippen LogP contribution in [0.15, 0.2) is 6.07 Å². The number of halogens is 1. The Morgan fingerprint density at radius 3 is 2.67 bits per heavy atom. The van der Waals surface area contributed by atoms with Gasteiger partial charge in [0.25, 0.3) is 0 Å². The molecule has 1 aromatic rings. The molecule has 0 radical (unpaired) electrons. The molecule has 1 aromatic carbocycles. The van der Waals surface area contributed by atoms with E-state index in [-0.39, 0.29) is 23.0 Å². The minimum atomic E-state index is -0.742. The van der Waals surface area contributed by atoms with Gasteiger partial charge in [-0.25, -0.2) is 0 Å². The van der Waals surface area contributed by atoms with Crippen molar-refractivity contribution in [1.82, 2.24) is 0 Å². The van der Waals surface area contributed by atoms with Gasteiger partial charge in [-0.3, -0.25) is 0 Å². The molecule has 3 N–H and O–H groups in total. The van der Waals surface area contributed by atoms with Gasteiger partial charge < -0.3 is 20.3 Å². The predicted octanol–water partition coefficient (Wildman–Crippen LogP) is 1.68. The van der Waals surface area contributed by atoms with Gasteiger partial charge in [-0.1, -0.05) is 0 Å². The molecular weight excluding hydrogens is 237 g/mol. The molecule has 3 rings (SSSR count). The van der Waals surface area contributed by atoms with E-state index in [1.54, 1.807) is 6.07 Å². The Kier molecular flexibility index (Phi) is 2.41. The zero-order chi connectivity index (χ0) is 12.9. The van der Waals surface area contributed by atoms with Crippen molar-refractivity contribution in [3.05, 3.63) is 17.4 Å². The predicted molar refractivity (Wildman–Crippen MR) is 63.6 cm³/mol. The number of phenolic OH excluding ortho intramolecular Hbond substituents is 1. The fraction of sp³-hybridized carbons (Fsp3) is 0.538. The van der Waals surface area contributed by atoms with Crippen molar-refractivity contribution in [2.24, 2.45) is 5.73 Å². The molecule has 18 heavy (non-hydrogen) atoms. The summed E-state index contributed by atoms with van der Waals surface area (Å²) in [7, 11) is 0. The van der Waals surface area contributed by atoms with E-state index in [9.17, 15) is 9.50 Å². The summed E-state index contributed by atoms with van der Waals surface area (Å²) in [6.45, 7) is 2.56. The number of hydrogen-bond donors (Lipinski definition) is 2. The first kappa shape index (κ1) is 11.6. The molecule has 1 aliphatic carbocycles. The van der Waals surface area contributed by atoms with Gasteiger partial charge in [-0.2, -0.15) is 4.39 Å². The van der Waals surface area contributed by atoms with Crippen molar-refractivity contribution in [1.29, 1.82) is 0 Å². The first-order chi connectivity index (χ1) is 8.56. The summed E-state index contributed by atoms with van der Waals surface area (Å²) in [6, 6.07) is 1.54. The van der Waals surface area contributed by atoms with Crippen LogP contribution < -0.4 is 15.2 Å². The smallest absolute Gasteiger partial charge is 0.210 e. The number of ether oxygens (including phenoxy) is 2. The third kappa shape index (κ3) is 1.47. The largest absolute Gasteiger partial charge is 0.505 e. The van der Waals surface area contributed by atoms with E-state index in [4.69, 9.17) is 15.2 Å². The maximum atomic E-state index is 14.1. The topological polar surface area (TPSA) is 64.7 Å². The van der Waals surface area contributed by atoms with Crippen LogP contribution in [0.4, 0.5) is 4.39 Å². The molecule has 0 aromatic heterocycles. The Morgan fingerprint density at radius 1 is 1.39 bits per heavy atom. The number of nitrogens with two attached hydrogens (primary N) is 1. The van der Waals surface area contributed by atoms with E-state index in [0.717, 1.165) is 12.8 Å². The summed E-state index contributed by atoms with van der Waals surface area (Å²) < 4.78 is 24.6. The quantitative estimate of drug-likeness (QED) is 0.841. The van der Waals surface area contributed by atoms with Crippen LogP contribution in [0.3, 0.4) is 0 Å². The molecule has 5 heteroatoms. The Labute approximate surface area is 105 Å². The third-order valence-electron chi connectivity index (χ3n) is 3.95. The standard InChI is InChI=1S/C13H16FNO3/c1-7(15)13(2-3-13)8-6-9-12(10(14)11(8)16)18-5-4-17-9/h6-7,16H,2-5,15H2,1H3. The fourth-order valence-electron chi connectivity index (χ4n) is 2.62. The Morgan fingerprint density at radius 2 is 2.06 bits per heavy atom. The van der Waals surface area contributed by atoms with Crippen molar-refractivity contribution in [2.45, 2.75) is 31.2 Å². The highest BCUT2D eigenvalue weighted by molar-refractivity contribution is 5.56. The number of rotatable bonds is 2. The summed E-state index contributed by atoms with van der Waals surface area (Å²) in [6.07, 6.45) is 1.72. The average Bonchev–Trinajstić information content (AvgIpc) is 3.15. The van der Waals surface area contributed by atoms with E-state index in [2.05, 4.69) is 0 Å². The fourth-order valence-corrected chi connectivity index (χ4v) is 2.62. The van der Waals surface area contributed by atoms with Crippen molar-refractivity contribution in [3.8, 4) is 17.2 Å². The minimum Gasteiger partial charge on any atom is -0.505 e. The summed E-state index contributed by atoms with van der Waals surface area (Å²) >= 11 is 0. The van der Waals surface area contributed by atoms with Gasteiger partial charge in [-0.05, 0) is 25.8 Å². The Balaban J connectivity index is 2.14. The summed E-state index contributed by atoms with van der Waals surface area (Å²) in [4.78, 5) is 0. The molecule has 1 heterocycles. The lowest BCUT2D eigenvalue weighted by atomic mass is 9.88. The number of fused-ring (bicyclic) bond motifs is 1. The van der Waals surface area contributed by atoms with Crippen LogP contribution in [0.2, 0.25) is 0 Å². The maximum Gasteiger partial charge on any atom is 0.210 e. The van der Waals surface area contributed by atoms with Gasteiger partial charge in [0.2, 0.25) is 11.6 Å². The van der Waals surface area contributed by atoms with E-state index in [1.807, 2.05) is 6.92 Å². The molecule has 98 valence electrons. The molecule has 1 atom stereocenters. The lowest BCUT2D eigenvalue weighted by molar-refractivity contribution is 0.162. The van der Waals surface area contributed by atoms with Crippen LogP contribution >= 0.6 is 0 Å². The number of phenols is 1. The van der Waals surface area contributed by atoms with Crippen LogP contribution in [-0.2, 0) is 5.41 Å². The Bertz CT molecular complexity index is 497. The molecule has 1 fully saturated rings. The summed E-state index contributed by atoms with van der Waals surface area (Å²) in [5.41, 5.74) is 6.18. The molecular formula is C13H16FNO3. The molecule has 0 saturated heterocycles. The van der Waals surface area contributed by atoms with Crippen LogP contribution in [0.25, 0.3) is 0 Å². The van der Waals surface area contributed by atoms with E-state index in [0.29, 0.717) is 24.5 Å². The second kappa shape index (κ2) is 3.75. The number of benzene rings is 1. The van der Waals surface area contributed by atoms with Crippen LogP contribution in [0.1, 0.15) is 25.3 Å². The minimum absolute atomic E-state index is 0.00275. The highest BCUT2D eigenvalue weighted by atomic mass is 19.1. The number of hydrogen-bond acceptors (Lipinski definition) is 4. The van der Waals surface area contributed by atoms with Gasteiger partial charge in [0.15, 0.2) is 11.5 Å². The van der Waals surface area contributed by atoms with Crippen LogP contribution in [-0.4, -0.2) is 24.4 Å². The van der Waals surface area contributed by atoms with E-state index >= 15 is 0 Å². The second-order valence-electron chi connectivity index (χ2n) is 5.06. The molecule has 1 saturated carbocycles. The second-order valence-corrected chi connectivity index (χ2v) is 5.06. The first-order valence-electron chi connectivity index (χ1n) is 6.13. The van der Waals surface area contributed by atoms with Gasteiger partial charge in [-0.15, -0.1) is 0 Å². The molecule has 1 aliphatic heterocycles. The van der Waals surface area contributed by atoms with Crippen molar-refractivity contribution < 1.29 is 19.0 Å². The van der Waals surface area contributed by atoms with Crippen LogP contribution in [0.5, 0.6) is 17.2 Å². The van der Waals surface area contributed by atoms with Gasteiger partial charge >= 0.3 is 0 Å². The van der Waals surface area contributed by atoms with Crippen LogP contribution in [0, 0.1) is 5.82 Å². The van der Waals surface area contributed by atoms with Crippen molar-refractivity contribution in [3.63, 3.8) is 0 Å². The molecule has 0 amide bonds. The van der Waals surface area contributed by atoms with Gasteiger partial charge in [0.05, 0.1) is 0 Å². The van der Waals surface area contributed by atoms with Crippen molar-refractivity contribution in [2.75, 3.05) is 13.2 Å². The molecule has 0 bridgehead atoms. The molecule has 2 aliphatic rings. The summed E-state index contributed by atoms with van der Waals surface area (Å²) in [5, 5.41) is 10.0. The molecule has 1 unspecified atom stereocenters. The van der Waals surface area contributed by atoms with Gasteiger partial charge in [0, 0.05) is 17.0 Å². The SMILES string of the molecule is CC(N)C1(c2cc3c(c(F)c2O)OCCO3)CC1. The normalized spacial score (nSPS) is 21.5. The van der Waals surface area contributed by atoms with Gasteiger partial charge in [0.1, 0.15) is 13.2 Å². The zero-order valence-corrected chi connectivity index (χ0v) is 10.2. The highest BCUT2D eigenvalue weighted by Crippen LogP contribution is 2.56. The average molecular weight is 253 g/mol. The third-order valence-corrected chi connectivity index (χ3v) is 3.95. The Hall–Kier alpha value is -1.49. The monoisotopic (exact) mass is 253 g/mol. The molecule has 4 nitrogen and oxygen atoms in total. The molecule has 0 spiro atoms. The lowest BCUT2D eigenvalue weighted by Crippen LogP contribution is -2.32. The highest BCUT2D eigenvalue weighted by Gasteiger charge is 2.50. The maximum absolute atomic E-state index is 14.1. The zero-order valence-electron chi connectivity index (χ0n) is 10.2. The van der Waals surface area contributed by atoms with Crippen molar-refractivity contribution >= 4 is 0 Å². The lowest BCUT2D eigenvalue weighted by Gasteiger charge is -2.25. The number of aromatic hydroxyl groups is 1. The van der Waals surface area contributed by atoms with E-state index in [1.165, 1.54) is 0 Å². The summed E-state index contributed by atoms with van der Waals surface area (Å²) in [5.74, 6) is -0.732. The first-order valence-corrected chi connectivity index (χ1v) is 6.13.